The summed E-state index contributed by atoms with van der Waals surface area (Å²) in [5, 5.41) is 3.15. The molecule has 104 valence electrons. The summed E-state index contributed by atoms with van der Waals surface area (Å²) in [6.45, 7) is 9.77. The molecule has 0 amide bonds. The molecule has 0 bridgehead atoms. The molecule has 18 heavy (non-hydrogen) atoms. The van der Waals surface area contributed by atoms with E-state index in [1.165, 1.54) is 31.4 Å². The maximum Gasteiger partial charge on any atom is 0.122 e. The maximum atomic E-state index is 5.52. The fourth-order valence-corrected chi connectivity index (χ4v) is 2.13. The number of hydrogen-bond acceptors (Lipinski definition) is 3. The summed E-state index contributed by atoms with van der Waals surface area (Å²) >= 11 is 0. The molecule has 1 rings (SSSR count). The lowest BCUT2D eigenvalue weighted by Gasteiger charge is -2.26. The van der Waals surface area contributed by atoms with Crippen molar-refractivity contribution in [1.82, 2.24) is 10.2 Å². The van der Waals surface area contributed by atoms with Crippen molar-refractivity contribution < 1.29 is 4.42 Å². The van der Waals surface area contributed by atoms with Crippen LogP contribution in [0.15, 0.2) is 16.7 Å². The Labute approximate surface area is 112 Å². The van der Waals surface area contributed by atoms with Crippen LogP contribution in [0.5, 0.6) is 0 Å². The summed E-state index contributed by atoms with van der Waals surface area (Å²) in [6, 6.07) is 2.68. The van der Waals surface area contributed by atoms with Gasteiger partial charge < -0.3 is 9.73 Å². The third kappa shape index (κ3) is 4.83. The highest BCUT2D eigenvalue weighted by atomic mass is 16.3. The first-order valence-electron chi connectivity index (χ1n) is 7.12. The molecule has 0 aromatic carbocycles. The molecule has 0 saturated heterocycles. The van der Waals surface area contributed by atoms with Gasteiger partial charge in [0.05, 0.1) is 12.8 Å². The lowest BCUT2D eigenvalue weighted by Crippen LogP contribution is -2.31. The second-order valence-corrected chi connectivity index (χ2v) is 5.17. The lowest BCUT2D eigenvalue weighted by molar-refractivity contribution is 0.207. The van der Waals surface area contributed by atoms with Crippen molar-refractivity contribution in [3.05, 3.63) is 23.7 Å². The van der Waals surface area contributed by atoms with E-state index in [0.29, 0.717) is 6.04 Å². The van der Waals surface area contributed by atoms with Crippen molar-refractivity contribution in [2.75, 3.05) is 13.6 Å². The van der Waals surface area contributed by atoms with Crippen molar-refractivity contribution >= 4 is 0 Å². The normalized spacial score (nSPS) is 11.7. The Kier molecular flexibility index (Phi) is 7.06. The number of hydrogen-bond donors (Lipinski definition) is 1. The summed E-state index contributed by atoms with van der Waals surface area (Å²) in [6.07, 6.45) is 5.68. The summed E-state index contributed by atoms with van der Waals surface area (Å²) in [5.74, 6) is 1.07. The minimum Gasteiger partial charge on any atom is -0.468 e. The van der Waals surface area contributed by atoms with Gasteiger partial charge in [0.2, 0.25) is 0 Å². The van der Waals surface area contributed by atoms with E-state index in [1.54, 1.807) is 6.26 Å². The number of rotatable bonds is 9. The Bertz CT molecular complexity index is 320. The van der Waals surface area contributed by atoms with Crippen LogP contribution in [0, 0.1) is 0 Å². The van der Waals surface area contributed by atoms with Crippen molar-refractivity contribution in [2.24, 2.45) is 0 Å². The van der Waals surface area contributed by atoms with Gasteiger partial charge in [-0.2, -0.15) is 0 Å². The Morgan fingerprint density at radius 2 is 2.11 bits per heavy atom. The molecule has 0 fully saturated rings. The topological polar surface area (TPSA) is 28.4 Å². The third-order valence-electron chi connectivity index (χ3n) is 3.33. The third-order valence-corrected chi connectivity index (χ3v) is 3.33. The van der Waals surface area contributed by atoms with Crippen molar-refractivity contribution in [3.63, 3.8) is 0 Å². The van der Waals surface area contributed by atoms with E-state index in [9.17, 15) is 0 Å². The van der Waals surface area contributed by atoms with Crippen LogP contribution in [0.1, 0.15) is 51.4 Å². The molecule has 0 unspecified atom stereocenters. The second-order valence-electron chi connectivity index (χ2n) is 5.17. The van der Waals surface area contributed by atoms with Gasteiger partial charge in [0.1, 0.15) is 5.76 Å². The molecule has 0 aliphatic carbocycles. The van der Waals surface area contributed by atoms with Gasteiger partial charge in [-0.05, 0) is 39.9 Å². The van der Waals surface area contributed by atoms with Crippen molar-refractivity contribution in [1.29, 1.82) is 0 Å². The van der Waals surface area contributed by atoms with Crippen molar-refractivity contribution in [3.8, 4) is 0 Å². The lowest BCUT2D eigenvalue weighted by atomic mass is 10.1. The molecule has 3 heteroatoms. The molecule has 0 aliphatic heterocycles. The maximum absolute atomic E-state index is 5.52. The average molecular weight is 252 g/mol. The van der Waals surface area contributed by atoms with Crippen LogP contribution in [0.2, 0.25) is 0 Å². The van der Waals surface area contributed by atoms with E-state index in [2.05, 4.69) is 37.1 Å². The summed E-state index contributed by atoms with van der Waals surface area (Å²) in [5.41, 5.74) is 1.31. The zero-order valence-corrected chi connectivity index (χ0v) is 12.3. The van der Waals surface area contributed by atoms with Crippen molar-refractivity contribution in [2.45, 2.75) is 59.2 Å². The van der Waals surface area contributed by atoms with Crippen LogP contribution in [0.25, 0.3) is 0 Å². The number of nitrogens with one attached hydrogen (secondary N) is 1. The van der Waals surface area contributed by atoms with E-state index in [1.807, 2.05) is 7.05 Å². The first-order valence-corrected chi connectivity index (χ1v) is 7.12. The van der Waals surface area contributed by atoms with E-state index in [-0.39, 0.29) is 0 Å². The first-order chi connectivity index (χ1) is 8.69. The standard InChI is InChI=1S/C15H28N2O/c1-5-6-7-9-17(13(2)3)12-14-8-10-18-15(14)11-16-4/h8,10,13,16H,5-7,9,11-12H2,1-4H3. The minimum atomic E-state index is 0.583. The van der Waals surface area contributed by atoms with E-state index >= 15 is 0 Å². The average Bonchev–Trinajstić information content (AvgIpc) is 2.76. The molecule has 0 aliphatic rings. The Morgan fingerprint density at radius 3 is 2.72 bits per heavy atom. The Morgan fingerprint density at radius 1 is 1.33 bits per heavy atom. The van der Waals surface area contributed by atoms with Crippen LogP contribution in [-0.4, -0.2) is 24.5 Å². The van der Waals surface area contributed by atoms with Gasteiger partial charge in [-0.1, -0.05) is 19.8 Å². The van der Waals surface area contributed by atoms with Crippen LogP contribution >= 0.6 is 0 Å². The highest BCUT2D eigenvalue weighted by Crippen LogP contribution is 2.15. The molecule has 0 saturated carbocycles. The zero-order chi connectivity index (χ0) is 13.4. The van der Waals surface area contributed by atoms with E-state index in [4.69, 9.17) is 4.42 Å². The Hall–Kier alpha value is -0.800. The van der Waals surface area contributed by atoms with Gasteiger partial charge in [0, 0.05) is 18.2 Å². The predicted octanol–water partition coefficient (Wildman–Crippen LogP) is 3.40. The molecule has 0 atom stereocenters. The predicted molar refractivity (Wildman–Crippen MR) is 76.5 cm³/mol. The largest absolute Gasteiger partial charge is 0.468 e. The quantitative estimate of drug-likeness (QED) is 0.683. The molecular formula is C15H28N2O. The summed E-state index contributed by atoms with van der Waals surface area (Å²) in [4.78, 5) is 2.53. The van der Waals surface area contributed by atoms with E-state index in [0.717, 1.165) is 18.8 Å². The smallest absolute Gasteiger partial charge is 0.122 e. The molecule has 1 N–H and O–H groups in total. The van der Waals surface area contributed by atoms with Crippen LogP contribution < -0.4 is 5.32 Å². The van der Waals surface area contributed by atoms with Gasteiger partial charge in [0.15, 0.2) is 0 Å². The molecule has 0 radical (unpaired) electrons. The van der Waals surface area contributed by atoms with E-state index < -0.39 is 0 Å². The second kappa shape index (κ2) is 8.33. The minimum absolute atomic E-state index is 0.583. The molecule has 1 heterocycles. The highest BCUT2D eigenvalue weighted by Gasteiger charge is 2.13. The number of furan rings is 1. The number of nitrogens with zero attached hydrogens (tertiary/aromatic N) is 1. The fraction of sp³-hybridized carbons (Fsp3) is 0.733. The molecular weight excluding hydrogens is 224 g/mol. The first kappa shape index (κ1) is 15.3. The van der Waals surface area contributed by atoms with Crippen LogP contribution in [0.4, 0.5) is 0 Å². The summed E-state index contributed by atoms with van der Waals surface area (Å²) < 4.78 is 5.52. The van der Waals surface area contributed by atoms with Gasteiger partial charge in [0.25, 0.3) is 0 Å². The molecule has 0 spiro atoms. The van der Waals surface area contributed by atoms with Gasteiger partial charge in [-0.3, -0.25) is 4.90 Å². The zero-order valence-electron chi connectivity index (χ0n) is 12.3. The number of unbranched alkanes of at least 4 members (excludes halogenated alkanes) is 2. The molecule has 1 aromatic heterocycles. The molecule has 1 aromatic rings. The highest BCUT2D eigenvalue weighted by molar-refractivity contribution is 5.16. The SMILES string of the molecule is CCCCCN(Cc1ccoc1CNC)C(C)C. The Balaban J connectivity index is 2.56. The summed E-state index contributed by atoms with van der Waals surface area (Å²) in [7, 11) is 1.95. The molecule has 3 nitrogen and oxygen atoms in total. The van der Waals surface area contributed by atoms with Crippen LogP contribution in [-0.2, 0) is 13.1 Å². The van der Waals surface area contributed by atoms with Gasteiger partial charge >= 0.3 is 0 Å². The van der Waals surface area contributed by atoms with Crippen LogP contribution in [0.3, 0.4) is 0 Å². The fourth-order valence-electron chi connectivity index (χ4n) is 2.13. The monoisotopic (exact) mass is 252 g/mol. The van der Waals surface area contributed by atoms with Gasteiger partial charge in [-0.15, -0.1) is 0 Å². The van der Waals surface area contributed by atoms with Gasteiger partial charge in [-0.25, -0.2) is 0 Å².